The van der Waals surface area contributed by atoms with Crippen molar-refractivity contribution in [2.45, 2.75) is 44.4 Å². The Hall–Kier alpha value is -1.52. The second-order valence-electron chi connectivity index (χ2n) is 5.43. The van der Waals surface area contributed by atoms with Gasteiger partial charge in [0, 0.05) is 11.4 Å². The third-order valence-electron chi connectivity index (χ3n) is 4.05. The van der Waals surface area contributed by atoms with E-state index in [2.05, 4.69) is 5.32 Å². The van der Waals surface area contributed by atoms with Crippen molar-refractivity contribution in [1.82, 2.24) is 5.32 Å². The van der Waals surface area contributed by atoms with Gasteiger partial charge in [0.25, 0.3) is 0 Å². The summed E-state index contributed by atoms with van der Waals surface area (Å²) < 4.78 is 11.1. The van der Waals surface area contributed by atoms with E-state index < -0.39 is 0 Å². The van der Waals surface area contributed by atoms with E-state index in [0.717, 1.165) is 41.7 Å². The van der Waals surface area contributed by atoms with Crippen molar-refractivity contribution < 1.29 is 14.3 Å². The summed E-state index contributed by atoms with van der Waals surface area (Å²) in [7, 11) is 1.65. The van der Waals surface area contributed by atoms with E-state index >= 15 is 0 Å². The molecule has 1 aromatic heterocycles. The largest absolute Gasteiger partial charge is 0.493 e. The van der Waals surface area contributed by atoms with Gasteiger partial charge in [-0.25, -0.2) is 0 Å². The van der Waals surface area contributed by atoms with Crippen LogP contribution in [0.3, 0.4) is 0 Å². The molecular formula is C16H21NO3. The minimum Gasteiger partial charge on any atom is -0.493 e. The minimum absolute atomic E-state index is 0.179. The molecule has 20 heavy (non-hydrogen) atoms. The van der Waals surface area contributed by atoms with Crippen molar-refractivity contribution in [3.63, 3.8) is 0 Å². The number of fused-ring (bicyclic) bond motifs is 1. The topological polar surface area (TPSA) is 54.6 Å². The summed E-state index contributed by atoms with van der Waals surface area (Å²) in [5.74, 6) is 1.63. The SMILES string of the molecule is COc1cccc2cc(CNC3CCCCC3O)oc12. The van der Waals surface area contributed by atoms with Crippen molar-refractivity contribution in [2.24, 2.45) is 0 Å². The van der Waals surface area contributed by atoms with Gasteiger partial charge in [-0.2, -0.15) is 0 Å². The number of nitrogens with one attached hydrogen (secondary N) is 1. The van der Waals surface area contributed by atoms with Gasteiger partial charge >= 0.3 is 0 Å². The lowest BCUT2D eigenvalue weighted by Crippen LogP contribution is -2.41. The average molecular weight is 275 g/mol. The third-order valence-corrected chi connectivity index (χ3v) is 4.05. The van der Waals surface area contributed by atoms with E-state index in [1.807, 2.05) is 24.3 Å². The molecular weight excluding hydrogens is 254 g/mol. The lowest BCUT2D eigenvalue weighted by molar-refractivity contribution is 0.0894. The van der Waals surface area contributed by atoms with E-state index in [-0.39, 0.29) is 12.1 Å². The van der Waals surface area contributed by atoms with Crippen molar-refractivity contribution in [1.29, 1.82) is 0 Å². The van der Waals surface area contributed by atoms with Crippen LogP contribution in [0.4, 0.5) is 0 Å². The van der Waals surface area contributed by atoms with Gasteiger partial charge in [0.2, 0.25) is 0 Å². The quantitative estimate of drug-likeness (QED) is 0.901. The van der Waals surface area contributed by atoms with Crippen molar-refractivity contribution in [2.75, 3.05) is 7.11 Å². The molecule has 4 heteroatoms. The fourth-order valence-corrected chi connectivity index (χ4v) is 2.92. The van der Waals surface area contributed by atoms with E-state index in [0.29, 0.717) is 6.54 Å². The van der Waals surface area contributed by atoms with Crippen LogP contribution in [0.25, 0.3) is 11.0 Å². The van der Waals surface area contributed by atoms with Crippen LogP contribution in [0.1, 0.15) is 31.4 Å². The zero-order valence-electron chi connectivity index (χ0n) is 11.8. The Bertz CT molecular complexity index is 578. The molecule has 0 saturated heterocycles. The third kappa shape index (κ3) is 2.67. The van der Waals surface area contributed by atoms with E-state index in [9.17, 15) is 5.11 Å². The van der Waals surface area contributed by atoms with Crippen LogP contribution >= 0.6 is 0 Å². The predicted molar refractivity (Wildman–Crippen MR) is 77.9 cm³/mol. The lowest BCUT2D eigenvalue weighted by atomic mass is 9.92. The molecule has 2 unspecified atom stereocenters. The zero-order chi connectivity index (χ0) is 13.9. The molecule has 1 aliphatic rings. The number of ether oxygens (including phenoxy) is 1. The van der Waals surface area contributed by atoms with Crippen LogP contribution in [0.5, 0.6) is 5.75 Å². The van der Waals surface area contributed by atoms with Gasteiger partial charge in [-0.05, 0) is 25.0 Å². The van der Waals surface area contributed by atoms with Crippen LogP contribution in [0.15, 0.2) is 28.7 Å². The standard InChI is InChI=1S/C16H21NO3/c1-19-15-8-4-5-11-9-12(20-16(11)15)10-17-13-6-2-3-7-14(13)18/h4-5,8-9,13-14,17-18H,2-3,6-7,10H2,1H3. The monoisotopic (exact) mass is 275 g/mol. The number of hydrogen-bond acceptors (Lipinski definition) is 4. The number of rotatable bonds is 4. The number of benzene rings is 1. The Labute approximate surface area is 118 Å². The molecule has 4 nitrogen and oxygen atoms in total. The smallest absolute Gasteiger partial charge is 0.176 e. The molecule has 2 aromatic rings. The highest BCUT2D eigenvalue weighted by atomic mass is 16.5. The van der Waals surface area contributed by atoms with Crippen LogP contribution in [-0.2, 0) is 6.54 Å². The molecule has 2 N–H and O–H groups in total. The summed E-state index contributed by atoms with van der Waals surface area (Å²) in [4.78, 5) is 0. The molecule has 2 atom stereocenters. The first-order chi connectivity index (χ1) is 9.78. The molecule has 0 spiro atoms. The summed E-state index contributed by atoms with van der Waals surface area (Å²) in [6.45, 7) is 0.638. The molecule has 1 aliphatic carbocycles. The molecule has 0 amide bonds. The zero-order valence-corrected chi connectivity index (χ0v) is 11.8. The lowest BCUT2D eigenvalue weighted by Gasteiger charge is -2.28. The Balaban J connectivity index is 1.71. The van der Waals surface area contributed by atoms with Gasteiger partial charge < -0.3 is 19.6 Å². The van der Waals surface area contributed by atoms with Crippen molar-refractivity contribution in [3.8, 4) is 5.75 Å². The maximum Gasteiger partial charge on any atom is 0.176 e. The number of para-hydroxylation sites is 1. The maximum atomic E-state index is 9.96. The Morgan fingerprint density at radius 2 is 2.20 bits per heavy atom. The summed E-state index contributed by atoms with van der Waals surface area (Å²) in [6, 6.07) is 8.08. The number of methoxy groups -OCH3 is 1. The van der Waals surface area contributed by atoms with Gasteiger partial charge in [0.05, 0.1) is 19.8 Å². The van der Waals surface area contributed by atoms with Crippen LogP contribution in [-0.4, -0.2) is 24.4 Å². The molecule has 1 fully saturated rings. The number of furan rings is 1. The summed E-state index contributed by atoms with van der Waals surface area (Å²) in [5, 5.41) is 14.4. The molecule has 0 aliphatic heterocycles. The Morgan fingerprint density at radius 3 is 3.00 bits per heavy atom. The summed E-state index contributed by atoms with van der Waals surface area (Å²) in [6.07, 6.45) is 4.00. The highest BCUT2D eigenvalue weighted by Gasteiger charge is 2.22. The van der Waals surface area contributed by atoms with E-state index in [1.165, 1.54) is 6.42 Å². The second-order valence-corrected chi connectivity index (χ2v) is 5.43. The fraction of sp³-hybridized carbons (Fsp3) is 0.500. The average Bonchev–Trinajstić information content (AvgIpc) is 2.89. The molecule has 3 rings (SSSR count). The normalized spacial score (nSPS) is 23.1. The molecule has 108 valence electrons. The van der Waals surface area contributed by atoms with E-state index in [4.69, 9.17) is 9.15 Å². The summed E-state index contributed by atoms with van der Waals surface area (Å²) in [5.41, 5.74) is 0.788. The minimum atomic E-state index is -0.234. The van der Waals surface area contributed by atoms with Gasteiger partial charge in [-0.1, -0.05) is 25.0 Å². The highest BCUT2D eigenvalue weighted by Crippen LogP contribution is 2.28. The number of aliphatic hydroxyl groups excluding tert-OH is 1. The van der Waals surface area contributed by atoms with Crippen molar-refractivity contribution in [3.05, 3.63) is 30.0 Å². The Kier molecular flexibility index (Phi) is 3.94. The Morgan fingerprint density at radius 1 is 1.35 bits per heavy atom. The van der Waals surface area contributed by atoms with Crippen LogP contribution in [0, 0.1) is 0 Å². The summed E-state index contributed by atoms with van der Waals surface area (Å²) >= 11 is 0. The van der Waals surface area contributed by atoms with Crippen LogP contribution in [0.2, 0.25) is 0 Å². The van der Waals surface area contributed by atoms with Crippen LogP contribution < -0.4 is 10.1 Å². The predicted octanol–water partition coefficient (Wildman–Crippen LogP) is 2.83. The van der Waals surface area contributed by atoms with Crippen molar-refractivity contribution >= 4 is 11.0 Å². The fourth-order valence-electron chi connectivity index (χ4n) is 2.92. The first-order valence-corrected chi connectivity index (χ1v) is 7.25. The number of aliphatic hydroxyl groups is 1. The molecule has 1 heterocycles. The van der Waals surface area contributed by atoms with Gasteiger partial charge in [-0.3, -0.25) is 0 Å². The second kappa shape index (κ2) is 5.85. The molecule has 1 aromatic carbocycles. The first-order valence-electron chi connectivity index (χ1n) is 7.25. The van der Waals surface area contributed by atoms with Gasteiger partial charge in [0.1, 0.15) is 5.76 Å². The first kappa shape index (κ1) is 13.5. The number of hydrogen-bond donors (Lipinski definition) is 2. The van der Waals surface area contributed by atoms with Gasteiger partial charge in [-0.15, -0.1) is 0 Å². The molecule has 1 saturated carbocycles. The van der Waals surface area contributed by atoms with E-state index in [1.54, 1.807) is 7.11 Å². The maximum absolute atomic E-state index is 9.96. The highest BCUT2D eigenvalue weighted by molar-refractivity contribution is 5.83. The molecule has 0 radical (unpaired) electrons. The van der Waals surface area contributed by atoms with Gasteiger partial charge in [0.15, 0.2) is 11.3 Å². The molecule has 0 bridgehead atoms.